The van der Waals surface area contributed by atoms with Crippen LogP contribution in [-0.2, 0) is 9.53 Å². The summed E-state index contributed by atoms with van der Waals surface area (Å²) in [6.07, 6.45) is -3.95. The molecule has 0 aliphatic heterocycles. The molecule has 1 saturated carbocycles. The number of halogens is 5. The quantitative estimate of drug-likeness (QED) is 0.454. The largest absolute Gasteiger partial charge is 0.466 e. The van der Waals surface area contributed by atoms with Gasteiger partial charge in [0, 0.05) is 0 Å². The summed E-state index contributed by atoms with van der Waals surface area (Å²) < 4.78 is 60.2. The van der Waals surface area contributed by atoms with E-state index in [1.807, 2.05) is 0 Å². The molecule has 25 heavy (non-hydrogen) atoms. The van der Waals surface area contributed by atoms with Gasteiger partial charge in [0.25, 0.3) is 0 Å². The molecule has 0 amide bonds. The van der Waals surface area contributed by atoms with Gasteiger partial charge < -0.3 is 10.1 Å². The summed E-state index contributed by atoms with van der Waals surface area (Å²) in [6.45, 7) is 1.59. The van der Waals surface area contributed by atoms with E-state index in [9.17, 15) is 22.4 Å². The predicted octanol–water partition coefficient (Wildman–Crippen LogP) is 4.13. The second-order valence-electron chi connectivity index (χ2n) is 5.90. The molecule has 1 atom stereocenters. The first-order valence-corrected chi connectivity index (χ1v) is 8.24. The average molecular weight is 384 g/mol. The second kappa shape index (κ2) is 7.72. The van der Waals surface area contributed by atoms with Gasteiger partial charge >= 0.3 is 12.1 Å². The molecule has 0 bridgehead atoms. The lowest BCUT2D eigenvalue weighted by molar-refractivity contribution is -0.228. The number of carbonyl (C=O) groups excluding carboxylic acids is 1. The number of aromatic nitrogens is 2. The molecule has 5 nitrogen and oxygen atoms in total. The first kappa shape index (κ1) is 19.7. The summed E-state index contributed by atoms with van der Waals surface area (Å²) in [5.41, 5.74) is -2.16. The Morgan fingerprint density at radius 3 is 2.64 bits per heavy atom. The molecule has 1 fully saturated rings. The van der Waals surface area contributed by atoms with Crippen molar-refractivity contribution >= 4 is 23.4 Å². The summed E-state index contributed by atoms with van der Waals surface area (Å²) in [5.74, 6) is -2.21. The summed E-state index contributed by atoms with van der Waals surface area (Å²) in [5, 5.41) is 2.12. The van der Waals surface area contributed by atoms with E-state index in [2.05, 4.69) is 15.3 Å². The van der Waals surface area contributed by atoms with Crippen LogP contribution in [0.1, 0.15) is 39.0 Å². The van der Waals surface area contributed by atoms with Crippen molar-refractivity contribution in [2.75, 3.05) is 11.9 Å². The van der Waals surface area contributed by atoms with E-state index in [-0.39, 0.29) is 24.7 Å². The summed E-state index contributed by atoms with van der Waals surface area (Å²) in [4.78, 5) is 18.9. The van der Waals surface area contributed by atoms with Crippen LogP contribution in [0.4, 0.5) is 23.4 Å². The van der Waals surface area contributed by atoms with Crippen LogP contribution >= 0.6 is 11.6 Å². The minimum absolute atomic E-state index is 0.0399. The zero-order valence-corrected chi connectivity index (χ0v) is 14.3. The molecule has 1 heterocycles. The highest BCUT2D eigenvalue weighted by atomic mass is 35.5. The predicted molar refractivity (Wildman–Crippen MR) is 82.6 cm³/mol. The molecule has 1 aromatic rings. The van der Waals surface area contributed by atoms with Crippen molar-refractivity contribution in [3.05, 3.63) is 17.3 Å². The monoisotopic (exact) mass is 383 g/mol. The second-order valence-corrected chi connectivity index (χ2v) is 6.24. The molecule has 140 valence electrons. The SMILES string of the molecule is CCOC(=O)CC(Nc1nc(Cl)ncc1F)C1(C(F)(F)F)CCCC1. The van der Waals surface area contributed by atoms with E-state index in [1.165, 1.54) is 0 Å². The minimum Gasteiger partial charge on any atom is -0.466 e. The number of rotatable bonds is 6. The fraction of sp³-hybridized carbons (Fsp3) is 0.667. The van der Waals surface area contributed by atoms with Crippen LogP contribution in [0.5, 0.6) is 0 Å². The van der Waals surface area contributed by atoms with Gasteiger partial charge in [-0.25, -0.2) is 9.37 Å². The molecule has 1 unspecified atom stereocenters. The molecule has 0 radical (unpaired) electrons. The van der Waals surface area contributed by atoms with Gasteiger partial charge in [0.2, 0.25) is 5.28 Å². The van der Waals surface area contributed by atoms with Crippen LogP contribution in [0.3, 0.4) is 0 Å². The van der Waals surface area contributed by atoms with Crippen molar-refractivity contribution < 1.29 is 27.1 Å². The topological polar surface area (TPSA) is 64.1 Å². The highest BCUT2D eigenvalue weighted by Crippen LogP contribution is 2.54. The fourth-order valence-electron chi connectivity index (χ4n) is 3.22. The molecule has 2 rings (SSSR count). The number of carbonyl (C=O) groups is 1. The van der Waals surface area contributed by atoms with Crippen LogP contribution in [0.25, 0.3) is 0 Å². The number of hydrogen-bond acceptors (Lipinski definition) is 5. The van der Waals surface area contributed by atoms with E-state index in [1.54, 1.807) is 6.92 Å². The number of ether oxygens (including phenoxy) is 1. The normalized spacial score (nSPS) is 18.0. The van der Waals surface area contributed by atoms with E-state index in [0.29, 0.717) is 12.8 Å². The summed E-state index contributed by atoms with van der Waals surface area (Å²) in [6, 6.07) is -1.42. The van der Waals surface area contributed by atoms with Crippen LogP contribution in [0.2, 0.25) is 5.28 Å². The maximum Gasteiger partial charge on any atom is 0.396 e. The molecule has 1 aromatic heterocycles. The Morgan fingerprint density at radius 1 is 1.44 bits per heavy atom. The highest BCUT2D eigenvalue weighted by Gasteiger charge is 2.60. The molecular formula is C15H18ClF4N3O2. The van der Waals surface area contributed by atoms with Crippen molar-refractivity contribution in [1.29, 1.82) is 0 Å². The standard InChI is InChI=1S/C15H18ClF4N3O2/c1-2-25-11(24)7-10(14(15(18,19)20)5-3-4-6-14)22-12-9(17)8-21-13(16)23-12/h8,10H,2-7H2,1H3,(H,21,22,23). The maximum atomic E-state index is 13.9. The number of hydrogen-bond donors (Lipinski definition) is 1. The van der Waals surface area contributed by atoms with E-state index in [4.69, 9.17) is 16.3 Å². The van der Waals surface area contributed by atoms with Gasteiger partial charge in [-0.3, -0.25) is 4.79 Å². The van der Waals surface area contributed by atoms with Crippen LogP contribution < -0.4 is 5.32 Å². The fourth-order valence-corrected chi connectivity index (χ4v) is 3.35. The van der Waals surface area contributed by atoms with E-state index in [0.717, 1.165) is 6.20 Å². The van der Waals surface area contributed by atoms with Crippen LogP contribution in [0, 0.1) is 11.2 Å². The summed E-state index contributed by atoms with van der Waals surface area (Å²) in [7, 11) is 0. The molecule has 0 saturated heterocycles. The van der Waals surface area contributed by atoms with Crippen molar-refractivity contribution in [3.63, 3.8) is 0 Å². The Hall–Kier alpha value is -1.64. The molecule has 0 spiro atoms. The molecule has 0 aromatic carbocycles. The zero-order valence-electron chi connectivity index (χ0n) is 13.5. The third kappa shape index (κ3) is 4.31. The Morgan fingerprint density at radius 2 is 2.08 bits per heavy atom. The van der Waals surface area contributed by atoms with Gasteiger partial charge in [-0.1, -0.05) is 12.8 Å². The van der Waals surface area contributed by atoms with Crippen molar-refractivity contribution in [1.82, 2.24) is 9.97 Å². The van der Waals surface area contributed by atoms with Gasteiger partial charge in [-0.05, 0) is 31.4 Å². The molecular weight excluding hydrogens is 366 g/mol. The molecule has 1 aliphatic rings. The Bertz CT molecular complexity index is 621. The van der Waals surface area contributed by atoms with Crippen molar-refractivity contribution in [3.8, 4) is 0 Å². The first-order valence-electron chi connectivity index (χ1n) is 7.86. The van der Waals surface area contributed by atoms with Gasteiger partial charge in [0.05, 0.1) is 30.7 Å². The number of nitrogens with zero attached hydrogens (tertiary/aromatic N) is 2. The Kier molecular flexibility index (Phi) is 6.08. The van der Waals surface area contributed by atoms with Gasteiger partial charge in [0.15, 0.2) is 11.6 Å². The zero-order chi connectivity index (χ0) is 18.7. The molecule has 1 N–H and O–H groups in total. The lowest BCUT2D eigenvalue weighted by Crippen LogP contribution is -2.50. The third-order valence-corrected chi connectivity index (χ3v) is 4.61. The Labute approximate surface area is 147 Å². The first-order chi connectivity index (χ1) is 11.7. The maximum absolute atomic E-state index is 13.9. The Balaban J connectivity index is 2.38. The van der Waals surface area contributed by atoms with Crippen molar-refractivity contribution in [2.45, 2.75) is 51.2 Å². The van der Waals surface area contributed by atoms with E-state index >= 15 is 0 Å². The third-order valence-electron chi connectivity index (χ3n) is 4.43. The molecule has 1 aliphatic carbocycles. The average Bonchev–Trinajstić information content (AvgIpc) is 3.01. The summed E-state index contributed by atoms with van der Waals surface area (Å²) >= 11 is 5.60. The lowest BCUT2D eigenvalue weighted by atomic mass is 9.76. The number of nitrogens with one attached hydrogen (secondary N) is 1. The minimum atomic E-state index is -4.57. The van der Waals surface area contributed by atoms with Gasteiger partial charge in [0.1, 0.15) is 0 Å². The lowest BCUT2D eigenvalue weighted by Gasteiger charge is -2.39. The van der Waals surface area contributed by atoms with E-state index < -0.39 is 41.7 Å². The number of anilines is 1. The van der Waals surface area contributed by atoms with Crippen molar-refractivity contribution in [2.24, 2.45) is 5.41 Å². The van der Waals surface area contributed by atoms with Crippen LogP contribution in [-0.4, -0.2) is 34.8 Å². The number of alkyl halides is 3. The number of esters is 1. The molecule has 10 heteroatoms. The van der Waals surface area contributed by atoms with Crippen LogP contribution in [0.15, 0.2) is 6.20 Å². The smallest absolute Gasteiger partial charge is 0.396 e. The van der Waals surface area contributed by atoms with Gasteiger partial charge in [-0.2, -0.15) is 18.2 Å². The highest BCUT2D eigenvalue weighted by molar-refractivity contribution is 6.28. The van der Waals surface area contributed by atoms with Gasteiger partial charge in [-0.15, -0.1) is 0 Å².